The molecule has 3 atom stereocenters. The Balaban J connectivity index is 1.98. The van der Waals surface area contributed by atoms with Gasteiger partial charge in [0.2, 0.25) is 0 Å². The predicted octanol–water partition coefficient (Wildman–Crippen LogP) is 2.08. The van der Waals surface area contributed by atoms with E-state index in [1.807, 2.05) is 11.8 Å². The van der Waals surface area contributed by atoms with Gasteiger partial charge in [-0.15, -0.1) is 0 Å². The van der Waals surface area contributed by atoms with Crippen LogP contribution in [-0.4, -0.2) is 41.1 Å². The SMILES string of the molecule is CSC(C)CN1C2CCCC1CC(N)C2. The minimum absolute atomic E-state index is 0.473. The second kappa shape index (κ2) is 5.07. The molecule has 88 valence electrons. The average molecular weight is 228 g/mol. The zero-order valence-electron chi connectivity index (χ0n) is 9.98. The Kier molecular flexibility index (Phi) is 3.97. The molecule has 0 saturated carbocycles. The van der Waals surface area contributed by atoms with Gasteiger partial charge in [0.1, 0.15) is 0 Å². The van der Waals surface area contributed by atoms with E-state index >= 15 is 0 Å². The molecule has 0 amide bonds. The van der Waals surface area contributed by atoms with Crippen LogP contribution in [0.15, 0.2) is 0 Å². The van der Waals surface area contributed by atoms with E-state index in [9.17, 15) is 0 Å². The van der Waals surface area contributed by atoms with E-state index in [-0.39, 0.29) is 0 Å². The fourth-order valence-corrected chi connectivity index (χ4v) is 3.51. The van der Waals surface area contributed by atoms with Crippen LogP contribution in [0.3, 0.4) is 0 Å². The van der Waals surface area contributed by atoms with Crippen LogP contribution in [0.2, 0.25) is 0 Å². The van der Waals surface area contributed by atoms with Crippen molar-refractivity contribution < 1.29 is 0 Å². The van der Waals surface area contributed by atoms with Crippen molar-refractivity contribution in [2.45, 2.75) is 62.4 Å². The summed E-state index contributed by atoms with van der Waals surface area (Å²) in [6, 6.07) is 2.06. The first-order chi connectivity index (χ1) is 7.20. The van der Waals surface area contributed by atoms with Crippen molar-refractivity contribution in [3.8, 4) is 0 Å². The van der Waals surface area contributed by atoms with Gasteiger partial charge in [-0.1, -0.05) is 13.3 Å². The highest BCUT2D eigenvalue weighted by Crippen LogP contribution is 2.34. The number of fused-ring (bicyclic) bond motifs is 2. The van der Waals surface area contributed by atoms with Crippen molar-refractivity contribution in [2.75, 3.05) is 12.8 Å². The summed E-state index contributed by atoms with van der Waals surface area (Å²) >= 11 is 1.98. The van der Waals surface area contributed by atoms with Crippen LogP contribution >= 0.6 is 11.8 Å². The fraction of sp³-hybridized carbons (Fsp3) is 1.00. The fourth-order valence-electron chi connectivity index (χ4n) is 3.19. The van der Waals surface area contributed by atoms with E-state index in [4.69, 9.17) is 5.73 Å². The molecule has 0 aromatic rings. The first kappa shape index (κ1) is 11.7. The summed E-state index contributed by atoms with van der Waals surface area (Å²) < 4.78 is 0. The van der Waals surface area contributed by atoms with Gasteiger partial charge in [-0.25, -0.2) is 0 Å². The smallest absolute Gasteiger partial charge is 0.0144 e. The summed E-state index contributed by atoms with van der Waals surface area (Å²) in [5.74, 6) is 0. The van der Waals surface area contributed by atoms with Crippen molar-refractivity contribution >= 4 is 11.8 Å². The topological polar surface area (TPSA) is 29.3 Å². The maximum atomic E-state index is 6.12. The molecular formula is C12H24N2S. The Morgan fingerprint density at radius 3 is 2.47 bits per heavy atom. The standard InChI is InChI=1S/C12H24N2S/c1-9(15-2)8-14-11-4-3-5-12(14)7-10(13)6-11/h9-12H,3-8,13H2,1-2H3. The van der Waals surface area contributed by atoms with Crippen molar-refractivity contribution in [1.82, 2.24) is 4.90 Å². The van der Waals surface area contributed by atoms with Crippen molar-refractivity contribution in [2.24, 2.45) is 5.73 Å². The maximum absolute atomic E-state index is 6.12. The van der Waals surface area contributed by atoms with E-state index < -0.39 is 0 Å². The number of piperidine rings is 2. The number of nitrogens with zero attached hydrogens (tertiary/aromatic N) is 1. The van der Waals surface area contributed by atoms with Gasteiger partial charge < -0.3 is 5.73 Å². The summed E-state index contributed by atoms with van der Waals surface area (Å²) in [6.45, 7) is 3.61. The van der Waals surface area contributed by atoms with Crippen LogP contribution in [-0.2, 0) is 0 Å². The van der Waals surface area contributed by atoms with Crippen LogP contribution in [0.1, 0.15) is 39.0 Å². The van der Waals surface area contributed by atoms with E-state index in [1.165, 1.54) is 38.6 Å². The Labute approximate surface area is 98.0 Å². The first-order valence-corrected chi connectivity index (χ1v) is 7.53. The average Bonchev–Trinajstić information content (AvgIpc) is 2.19. The van der Waals surface area contributed by atoms with E-state index in [0.29, 0.717) is 6.04 Å². The molecule has 0 aromatic heterocycles. The Hall–Kier alpha value is 0.270. The van der Waals surface area contributed by atoms with Crippen LogP contribution in [0.25, 0.3) is 0 Å². The molecule has 15 heavy (non-hydrogen) atoms. The molecule has 2 N–H and O–H groups in total. The molecule has 2 aliphatic heterocycles. The number of hydrogen-bond donors (Lipinski definition) is 1. The largest absolute Gasteiger partial charge is 0.328 e. The summed E-state index contributed by atoms with van der Waals surface area (Å²) in [6.07, 6.45) is 8.87. The summed E-state index contributed by atoms with van der Waals surface area (Å²) in [5, 5.41) is 0.766. The molecule has 3 unspecified atom stereocenters. The molecule has 2 fully saturated rings. The summed E-state index contributed by atoms with van der Waals surface area (Å²) in [4.78, 5) is 2.76. The molecule has 0 spiro atoms. The van der Waals surface area contributed by atoms with Gasteiger partial charge in [0.05, 0.1) is 0 Å². The van der Waals surface area contributed by atoms with Crippen molar-refractivity contribution in [3.05, 3.63) is 0 Å². The monoisotopic (exact) mass is 228 g/mol. The first-order valence-electron chi connectivity index (χ1n) is 6.24. The molecular weight excluding hydrogens is 204 g/mol. The molecule has 2 saturated heterocycles. The van der Waals surface area contributed by atoms with Crippen LogP contribution in [0.4, 0.5) is 0 Å². The van der Waals surface area contributed by atoms with Crippen molar-refractivity contribution in [1.29, 1.82) is 0 Å². The second-order valence-electron chi connectivity index (χ2n) is 5.21. The minimum atomic E-state index is 0.473. The van der Waals surface area contributed by atoms with Gasteiger partial charge in [0.15, 0.2) is 0 Å². The molecule has 2 nitrogen and oxygen atoms in total. The van der Waals surface area contributed by atoms with Gasteiger partial charge in [0, 0.05) is 29.9 Å². The predicted molar refractivity (Wildman–Crippen MR) is 68.3 cm³/mol. The zero-order valence-corrected chi connectivity index (χ0v) is 10.8. The lowest BCUT2D eigenvalue weighted by molar-refractivity contribution is 0.0331. The lowest BCUT2D eigenvalue weighted by atomic mass is 9.82. The molecule has 2 rings (SSSR count). The number of thioether (sulfide) groups is 1. The summed E-state index contributed by atoms with van der Waals surface area (Å²) in [7, 11) is 0. The van der Waals surface area contributed by atoms with E-state index in [0.717, 1.165) is 17.3 Å². The Bertz CT molecular complexity index is 196. The molecule has 2 bridgehead atoms. The third-order valence-corrected chi connectivity index (χ3v) is 4.99. The normalized spacial score (nSPS) is 39.0. The quantitative estimate of drug-likeness (QED) is 0.802. The lowest BCUT2D eigenvalue weighted by Gasteiger charge is -2.49. The Morgan fingerprint density at radius 2 is 1.93 bits per heavy atom. The van der Waals surface area contributed by atoms with E-state index in [2.05, 4.69) is 18.1 Å². The van der Waals surface area contributed by atoms with Gasteiger partial charge in [-0.05, 0) is 31.9 Å². The Morgan fingerprint density at radius 1 is 1.33 bits per heavy atom. The number of hydrogen-bond acceptors (Lipinski definition) is 3. The lowest BCUT2D eigenvalue weighted by Crippen LogP contribution is -2.56. The number of nitrogens with two attached hydrogens (primary N) is 1. The van der Waals surface area contributed by atoms with Gasteiger partial charge in [0.25, 0.3) is 0 Å². The highest BCUT2D eigenvalue weighted by Gasteiger charge is 2.37. The van der Waals surface area contributed by atoms with Gasteiger partial charge in [-0.2, -0.15) is 11.8 Å². The third kappa shape index (κ3) is 2.69. The van der Waals surface area contributed by atoms with Crippen LogP contribution < -0.4 is 5.73 Å². The molecule has 3 heteroatoms. The van der Waals surface area contributed by atoms with Gasteiger partial charge in [-0.3, -0.25) is 4.90 Å². The molecule has 0 radical (unpaired) electrons. The molecule has 2 aliphatic rings. The van der Waals surface area contributed by atoms with Crippen LogP contribution in [0, 0.1) is 0 Å². The molecule has 2 heterocycles. The molecule has 0 aliphatic carbocycles. The third-order valence-electron chi connectivity index (χ3n) is 4.03. The van der Waals surface area contributed by atoms with Gasteiger partial charge >= 0.3 is 0 Å². The highest BCUT2D eigenvalue weighted by atomic mass is 32.2. The van der Waals surface area contributed by atoms with Crippen molar-refractivity contribution in [3.63, 3.8) is 0 Å². The van der Waals surface area contributed by atoms with Crippen LogP contribution in [0.5, 0.6) is 0 Å². The highest BCUT2D eigenvalue weighted by molar-refractivity contribution is 7.99. The maximum Gasteiger partial charge on any atom is 0.0144 e. The molecule has 0 aromatic carbocycles. The summed E-state index contributed by atoms with van der Waals surface area (Å²) in [5.41, 5.74) is 6.12. The number of rotatable bonds is 3. The second-order valence-corrected chi connectivity index (χ2v) is 6.49. The van der Waals surface area contributed by atoms with E-state index in [1.54, 1.807) is 0 Å². The zero-order chi connectivity index (χ0) is 10.8. The minimum Gasteiger partial charge on any atom is -0.328 e.